The van der Waals surface area contributed by atoms with Gasteiger partial charge in [-0.05, 0) is 44.1 Å². The summed E-state index contributed by atoms with van der Waals surface area (Å²) in [6.07, 6.45) is 16.4. The van der Waals surface area contributed by atoms with Crippen LogP contribution >= 0.6 is 0 Å². The van der Waals surface area contributed by atoms with E-state index in [1.165, 1.54) is 17.1 Å². The molecule has 1 N–H and O–H groups in total. The maximum atomic E-state index is 13.7. The highest BCUT2D eigenvalue weighted by Crippen LogP contribution is 2.33. The summed E-state index contributed by atoms with van der Waals surface area (Å²) < 4.78 is 53.5. The van der Waals surface area contributed by atoms with E-state index in [1.807, 2.05) is 71.9 Å². The normalized spacial score (nSPS) is 30.6. The summed E-state index contributed by atoms with van der Waals surface area (Å²) in [6, 6.07) is 0. The van der Waals surface area contributed by atoms with Crippen LogP contribution in [0.15, 0.2) is 72.0 Å². The van der Waals surface area contributed by atoms with E-state index in [4.69, 9.17) is 42.6 Å². The van der Waals surface area contributed by atoms with Crippen molar-refractivity contribution in [2.75, 3.05) is 56.8 Å². The van der Waals surface area contributed by atoms with Gasteiger partial charge < -0.3 is 52.6 Å². The van der Waals surface area contributed by atoms with E-state index in [0.29, 0.717) is 50.5 Å². The largest absolute Gasteiger partial charge is 0.458 e. The molecule has 0 aliphatic carbocycles. The number of esters is 2. The van der Waals surface area contributed by atoms with E-state index >= 15 is 0 Å². The highest BCUT2D eigenvalue weighted by molar-refractivity contribution is 5.84. The molecule has 16 atom stereocenters. The molecule has 15 nitrogen and oxygen atoms in total. The van der Waals surface area contributed by atoms with Gasteiger partial charge in [0.05, 0.1) is 42.7 Å². The molecule has 16 unspecified atom stereocenters. The topological polar surface area (TPSA) is 175 Å². The summed E-state index contributed by atoms with van der Waals surface area (Å²) in [7, 11) is 13.0. The molecule has 0 aromatic heterocycles. The molecular weight excluding hydrogens is 887 g/mol. The van der Waals surface area contributed by atoms with Gasteiger partial charge in [0.2, 0.25) is 6.41 Å². The molecule has 2 bridgehead atoms. The summed E-state index contributed by atoms with van der Waals surface area (Å²) >= 11 is 0. The molecule has 0 spiro atoms. The number of ketones is 1. The Bertz CT molecular complexity index is 1740. The predicted octanol–water partition coefficient (Wildman–Crippen LogP) is 7.56. The third kappa shape index (κ3) is 20.1. The Kier molecular flexibility index (Phi) is 28.6. The third-order valence-corrected chi connectivity index (χ3v) is 14.0. The van der Waals surface area contributed by atoms with E-state index in [0.717, 1.165) is 5.57 Å². The van der Waals surface area contributed by atoms with E-state index in [2.05, 4.69) is 13.0 Å². The Labute approximate surface area is 413 Å². The van der Waals surface area contributed by atoms with Gasteiger partial charge >= 0.3 is 11.9 Å². The van der Waals surface area contributed by atoms with Crippen LogP contribution in [0.4, 0.5) is 0 Å². The Morgan fingerprint density at radius 1 is 0.826 bits per heavy atom. The number of fused-ring (bicyclic) bond motifs is 2. The van der Waals surface area contributed by atoms with Crippen molar-refractivity contribution in [1.29, 1.82) is 0 Å². The van der Waals surface area contributed by atoms with E-state index < -0.39 is 36.4 Å². The van der Waals surface area contributed by atoms with Crippen molar-refractivity contribution in [3.05, 3.63) is 72.0 Å². The molecule has 2 aliphatic heterocycles. The lowest BCUT2D eigenvalue weighted by atomic mass is 9.81. The van der Waals surface area contributed by atoms with Gasteiger partial charge in [-0.15, -0.1) is 0 Å². The highest BCUT2D eigenvalue weighted by Gasteiger charge is 2.40. The molecule has 15 heteroatoms. The molecule has 2 rings (SSSR count). The minimum absolute atomic E-state index is 0.0553. The van der Waals surface area contributed by atoms with Crippen LogP contribution in [0.5, 0.6) is 0 Å². The van der Waals surface area contributed by atoms with E-state index in [-0.39, 0.29) is 84.3 Å². The van der Waals surface area contributed by atoms with Gasteiger partial charge in [0.1, 0.15) is 24.1 Å². The van der Waals surface area contributed by atoms with E-state index in [9.17, 15) is 24.3 Å². The molecule has 69 heavy (non-hydrogen) atoms. The van der Waals surface area contributed by atoms with E-state index in [1.54, 1.807) is 69.1 Å². The van der Waals surface area contributed by atoms with Crippen LogP contribution in [0, 0.1) is 35.5 Å². The van der Waals surface area contributed by atoms with Crippen LogP contribution in [-0.2, 0) is 61.8 Å². The zero-order valence-electron chi connectivity index (χ0n) is 44.2. The third-order valence-electron chi connectivity index (χ3n) is 14.0. The van der Waals surface area contributed by atoms with Crippen LogP contribution in [-0.4, -0.2) is 152 Å². The molecule has 2 aliphatic rings. The van der Waals surface area contributed by atoms with Gasteiger partial charge in [0, 0.05) is 124 Å². The lowest BCUT2D eigenvalue weighted by Gasteiger charge is -2.37. The Morgan fingerprint density at radius 2 is 1.45 bits per heavy atom. The highest BCUT2D eigenvalue weighted by atomic mass is 16.6. The average Bonchev–Trinajstić information content (AvgIpc) is 3.33. The number of methoxy groups -OCH3 is 7. The first-order chi connectivity index (χ1) is 32.8. The first-order valence-corrected chi connectivity index (χ1v) is 24.4. The van der Waals surface area contributed by atoms with Crippen molar-refractivity contribution in [2.45, 2.75) is 154 Å². The van der Waals surface area contributed by atoms with Gasteiger partial charge in [-0.1, -0.05) is 89.6 Å². The zero-order valence-corrected chi connectivity index (χ0v) is 44.2. The SMILES string of the molecule is COC1C=CC(C)C(C(C)C(OC)C(C)CCC(=O)C(C)C(CC=CN(C)C=O)OC)OC(=O)C=CC=C(C)CC(OC)CC2=CC(=O)OC(C2O)C(C)C(OC)CC(OC)C=CC(C)C(OC)C1. The Balaban J connectivity index is 2.52. The van der Waals surface area contributed by atoms with Crippen LogP contribution < -0.4 is 0 Å². The molecule has 0 saturated heterocycles. The summed E-state index contributed by atoms with van der Waals surface area (Å²) in [5, 5.41) is 11.6. The maximum absolute atomic E-state index is 13.7. The second-order valence-corrected chi connectivity index (χ2v) is 19.0. The Hall–Kier alpha value is -3.80. The fourth-order valence-electron chi connectivity index (χ4n) is 9.42. The molecule has 392 valence electrons. The van der Waals surface area contributed by atoms with Gasteiger partial charge in [-0.3, -0.25) is 9.59 Å². The second kappa shape index (κ2) is 32.2. The molecule has 2 heterocycles. The standard InChI is InChI=1S/C54H87NO14/c1-34-18-16-20-49(58)68-53(40(7)52(67-15)36(3)23-26-45(57)38(5)46(64-12)19-17-27-55(8)33-56)37(4)22-25-42(61-9)31-47(65-13)35(2)21-24-43(62-10)32-48(66-14)39(6)54-51(60)41(30-50(59)69-54)29-44(28-34)63-11/h16-18,20-22,24-25,27,30,33,35-40,42-44,46-48,51-54,60H,19,23,26,28-29,31-32H2,1-15H3. The minimum atomic E-state index is -1.08. The van der Waals surface area contributed by atoms with Crippen molar-refractivity contribution >= 4 is 24.1 Å². The number of nitrogens with zero attached hydrogens (tertiary/aromatic N) is 1. The fourth-order valence-corrected chi connectivity index (χ4v) is 9.42. The van der Waals surface area contributed by atoms with Crippen molar-refractivity contribution in [3.63, 3.8) is 0 Å². The van der Waals surface area contributed by atoms with Crippen LogP contribution in [0.1, 0.15) is 93.4 Å². The number of carbonyl (C=O) groups excluding carboxylic acids is 4. The monoisotopic (exact) mass is 974 g/mol. The van der Waals surface area contributed by atoms with Crippen LogP contribution in [0.3, 0.4) is 0 Å². The number of aliphatic hydroxyl groups excluding tert-OH is 1. The average molecular weight is 974 g/mol. The lowest BCUT2D eigenvalue weighted by Crippen LogP contribution is -2.46. The number of allylic oxidation sites excluding steroid dienone is 2. The quantitative estimate of drug-likeness (QED) is 0.0763. The fraction of sp³-hybridized carbons (Fsp3) is 0.704. The number of ether oxygens (including phenoxy) is 9. The number of hydrogen-bond acceptors (Lipinski definition) is 14. The zero-order chi connectivity index (χ0) is 51.8. The van der Waals surface area contributed by atoms with Gasteiger partial charge in [0.25, 0.3) is 0 Å². The minimum Gasteiger partial charge on any atom is -0.458 e. The summed E-state index contributed by atoms with van der Waals surface area (Å²) in [6.45, 7) is 13.8. The molecule has 0 aromatic carbocycles. The van der Waals surface area contributed by atoms with Gasteiger partial charge in [0.15, 0.2) is 0 Å². The molecule has 0 aromatic rings. The van der Waals surface area contributed by atoms with Gasteiger partial charge in [-0.25, -0.2) is 9.59 Å². The van der Waals surface area contributed by atoms with Crippen LogP contribution in [0.2, 0.25) is 0 Å². The van der Waals surface area contributed by atoms with Crippen LogP contribution in [0.25, 0.3) is 0 Å². The number of hydrogen-bond donors (Lipinski definition) is 1. The Morgan fingerprint density at radius 3 is 2.01 bits per heavy atom. The number of aliphatic hydroxyl groups is 1. The molecule has 0 radical (unpaired) electrons. The van der Waals surface area contributed by atoms with Crippen molar-refractivity contribution in [3.8, 4) is 0 Å². The second-order valence-electron chi connectivity index (χ2n) is 19.0. The number of Topliss-reactive ketones (excluding diaryl/α,β-unsaturated/α-hetero) is 1. The predicted molar refractivity (Wildman–Crippen MR) is 266 cm³/mol. The summed E-state index contributed by atoms with van der Waals surface area (Å²) in [5.41, 5.74) is 1.41. The summed E-state index contributed by atoms with van der Waals surface area (Å²) in [5.74, 6) is -2.51. The molecular formula is C54H87NO14. The van der Waals surface area contributed by atoms with Crippen molar-refractivity contribution < 1.29 is 66.9 Å². The molecule has 0 saturated carbocycles. The number of cyclic esters (lactones) is 1. The van der Waals surface area contributed by atoms with Crippen molar-refractivity contribution in [2.24, 2.45) is 35.5 Å². The number of rotatable bonds is 19. The number of carbonyl (C=O) groups is 4. The maximum Gasteiger partial charge on any atom is 0.331 e. The summed E-state index contributed by atoms with van der Waals surface area (Å²) in [4.78, 5) is 52.5. The first-order valence-electron chi connectivity index (χ1n) is 24.4. The molecule has 1 amide bonds. The number of amides is 1. The molecule has 0 fully saturated rings. The van der Waals surface area contributed by atoms with Gasteiger partial charge in [-0.2, -0.15) is 0 Å². The smallest absolute Gasteiger partial charge is 0.331 e. The lowest BCUT2D eigenvalue weighted by molar-refractivity contribution is -0.160. The first kappa shape index (κ1) is 61.3. The van der Waals surface area contributed by atoms with Crippen molar-refractivity contribution in [1.82, 2.24) is 4.90 Å².